The average Bonchev–Trinajstić information content (AvgIpc) is 3.15. The fraction of sp³-hybridized carbons (Fsp3) is 0.208. The third-order valence-corrected chi connectivity index (χ3v) is 5.37. The molecule has 168 valence electrons. The van der Waals surface area contributed by atoms with Gasteiger partial charge in [0.05, 0.1) is 13.0 Å². The van der Waals surface area contributed by atoms with Crippen LogP contribution in [0.5, 0.6) is 0 Å². The summed E-state index contributed by atoms with van der Waals surface area (Å²) in [5.41, 5.74) is 4.28. The molecular weight excluding hydrogens is 424 g/mol. The van der Waals surface area contributed by atoms with Crippen molar-refractivity contribution in [2.24, 2.45) is 0 Å². The summed E-state index contributed by atoms with van der Waals surface area (Å²) in [6.45, 7) is 0.0568. The Morgan fingerprint density at radius 3 is 2.15 bits per heavy atom. The second-order valence-corrected chi connectivity index (χ2v) is 7.50. The number of nitrogens with zero attached hydrogens (tertiary/aromatic N) is 2. The number of aliphatic carboxylic acids is 1. The Labute approximate surface area is 189 Å². The molecule has 1 heterocycles. The van der Waals surface area contributed by atoms with E-state index < -0.39 is 30.4 Å². The van der Waals surface area contributed by atoms with Crippen LogP contribution >= 0.6 is 0 Å². The van der Waals surface area contributed by atoms with Crippen molar-refractivity contribution in [1.29, 1.82) is 0 Å². The van der Waals surface area contributed by atoms with Crippen LogP contribution in [0.4, 0.5) is 4.79 Å². The van der Waals surface area contributed by atoms with Gasteiger partial charge in [-0.15, -0.1) is 0 Å². The molecule has 1 aliphatic rings. The lowest BCUT2D eigenvalue weighted by atomic mass is 9.98. The number of hydrogen-bond acceptors (Lipinski definition) is 6. The highest BCUT2D eigenvalue weighted by Gasteiger charge is 2.30. The summed E-state index contributed by atoms with van der Waals surface area (Å²) in [6, 6.07) is 16.2. The Hall–Kier alpha value is -4.27. The van der Waals surface area contributed by atoms with Gasteiger partial charge in [-0.3, -0.25) is 9.59 Å². The molecule has 1 aromatic heterocycles. The van der Waals surface area contributed by atoms with E-state index in [1.54, 1.807) is 6.07 Å². The Balaban J connectivity index is 1.39. The molecule has 33 heavy (non-hydrogen) atoms. The molecule has 2 aromatic carbocycles. The van der Waals surface area contributed by atoms with Crippen LogP contribution in [0.25, 0.3) is 11.1 Å². The molecule has 0 bridgehead atoms. The van der Waals surface area contributed by atoms with Crippen molar-refractivity contribution in [3.8, 4) is 11.1 Å². The van der Waals surface area contributed by atoms with Crippen LogP contribution in [-0.4, -0.2) is 45.7 Å². The van der Waals surface area contributed by atoms with E-state index >= 15 is 0 Å². The van der Waals surface area contributed by atoms with Crippen molar-refractivity contribution in [1.82, 2.24) is 20.6 Å². The number of carbonyl (C=O) groups excluding carboxylic acids is 2. The highest BCUT2D eigenvalue weighted by Crippen LogP contribution is 2.44. The molecule has 0 saturated carbocycles. The fourth-order valence-corrected chi connectivity index (χ4v) is 3.88. The third-order valence-electron chi connectivity index (χ3n) is 5.37. The average molecular weight is 446 g/mol. The molecule has 0 radical (unpaired) electrons. The number of rotatable bonds is 8. The van der Waals surface area contributed by atoms with E-state index in [-0.39, 0.29) is 19.1 Å². The van der Waals surface area contributed by atoms with Crippen molar-refractivity contribution in [2.75, 3.05) is 6.61 Å². The number of nitrogens with one attached hydrogen (secondary N) is 2. The Bertz CT molecular complexity index is 1120. The van der Waals surface area contributed by atoms with Gasteiger partial charge in [0.25, 0.3) is 0 Å². The highest BCUT2D eigenvalue weighted by molar-refractivity contribution is 5.89. The van der Waals surface area contributed by atoms with E-state index in [0.717, 1.165) is 22.3 Å². The van der Waals surface area contributed by atoms with Crippen LogP contribution < -0.4 is 10.6 Å². The standard InChI is InChI=1S/C24H22N4O5/c29-22(30)12-20(23(31)27-13-21-25-10-5-11-26-21)28-24(32)33-14-19-17-8-3-1-6-15(17)16-7-2-4-9-18(16)19/h1-11,19-20H,12-14H2,(H,27,31)(H,28,32)(H,29,30). The molecule has 4 rings (SSSR count). The van der Waals surface area contributed by atoms with Crippen LogP contribution in [0.3, 0.4) is 0 Å². The molecule has 9 nitrogen and oxygen atoms in total. The molecule has 0 spiro atoms. The lowest BCUT2D eigenvalue weighted by molar-refractivity contribution is -0.139. The number of carboxylic acids is 1. The van der Waals surface area contributed by atoms with Gasteiger partial charge in [0.15, 0.2) is 0 Å². The molecule has 3 N–H and O–H groups in total. The zero-order valence-corrected chi connectivity index (χ0v) is 17.6. The van der Waals surface area contributed by atoms with E-state index in [4.69, 9.17) is 9.84 Å². The zero-order valence-electron chi connectivity index (χ0n) is 17.6. The maximum Gasteiger partial charge on any atom is 0.407 e. The molecule has 1 atom stereocenters. The summed E-state index contributed by atoms with van der Waals surface area (Å²) in [6.07, 6.45) is 1.59. The number of fused-ring (bicyclic) bond motifs is 3. The first-order valence-electron chi connectivity index (χ1n) is 10.4. The summed E-state index contributed by atoms with van der Waals surface area (Å²) >= 11 is 0. The van der Waals surface area contributed by atoms with Crippen LogP contribution in [0.2, 0.25) is 0 Å². The van der Waals surface area contributed by atoms with Crippen molar-refractivity contribution in [2.45, 2.75) is 24.9 Å². The number of alkyl carbamates (subject to hydrolysis) is 1. The fourth-order valence-electron chi connectivity index (χ4n) is 3.88. The molecule has 1 aliphatic carbocycles. The van der Waals surface area contributed by atoms with Gasteiger partial charge in [-0.2, -0.15) is 0 Å². The third kappa shape index (κ3) is 5.15. The first-order valence-corrected chi connectivity index (χ1v) is 10.4. The second-order valence-electron chi connectivity index (χ2n) is 7.50. The van der Waals surface area contributed by atoms with Crippen LogP contribution in [0.1, 0.15) is 29.3 Å². The van der Waals surface area contributed by atoms with Crippen LogP contribution in [-0.2, 0) is 20.9 Å². The quantitative estimate of drug-likeness (QED) is 0.484. The maximum atomic E-state index is 12.5. The van der Waals surface area contributed by atoms with Crippen molar-refractivity contribution < 1.29 is 24.2 Å². The Kier molecular flexibility index (Phi) is 6.58. The summed E-state index contributed by atoms with van der Waals surface area (Å²) in [5.74, 6) is -1.69. The number of aromatic nitrogens is 2. The largest absolute Gasteiger partial charge is 0.481 e. The summed E-state index contributed by atoms with van der Waals surface area (Å²) in [4.78, 5) is 44.1. The SMILES string of the molecule is O=C(O)CC(NC(=O)OCC1c2ccccc2-c2ccccc21)C(=O)NCc1ncccn1. The summed E-state index contributed by atoms with van der Waals surface area (Å²) < 4.78 is 5.42. The van der Waals surface area contributed by atoms with Gasteiger partial charge in [0.2, 0.25) is 5.91 Å². The number of carboxylic acid groups (broad SMARTS) is 1. The number of ether oxygens (including phenoxy) is 1. The molecule has 0 aliphatic heterocycles. The highest BCUT2D eigenvalue weighted by atomic mass is 16.5. The molecule has 0 saturated heterocycles. The second kappa shape index (κ2) is 9.90. The molecule has 0 fully saturated rings. The molecule has 3 aromatic rings. The lowest BCUT2D eigenvalue weighted by Crippen LogP contribution is -2.48. The molecule has 2 amide bonds. The Morgan fingerprint density at radius 2 is 1.55 bits per heavy atom. The van der Waals surface area contributed by atoms with E-state index in [2.05, 4.69) is 20.6 Å². The monoisotopic (exact) mass is 446 g/mol. The predicted molar refractivity (Wildman–Crippen MR) is 118 cm³/mol. The van der Waals surface area contributed by atoms with Crippen LogP contribution in [0.15, 0.2) is 67.0 Å². The normalized spacial score (nSPS) is 12.8. The minimum Gasteiger partial charge on any atom is -0.481 e. The zero-order chi connectivity index (χ0) is 23.2. The predicted octanol–water partition coefficient (Wildman–Crippen LogP) is 2.47. The van der Waals surface area contributed by atoms with E-state index in [1.165, 1.54) is 12.4 Å². The Morgan fingerprint density at radius 1 is 0.939 bits per heavy atom. The summed E-state index contributed by atoms with van der Waals surface area (Å²) in [5, 5.41) is 14.1. The van der Waals surface area contributed by atoms with Gasteiger partial charge in [-0.05, 0) is 28.3 Å². The van der Waals surface area contributed by atoms with Crippen molar-refractivity contribution in [3.05, 3.63) is 83.9 Å². The first-order chi connectivity index (χ1) is 16.0. The van der Waals surface area contributed by atoms with Gasteiger partial charge < -0.3 is 20.5 Å². The van der Waals surface area contributed by atoms with Gasteiger partial charge in [0, 0.05) is 18.3 Å². The van der Waals surface area contributed by atoms with E-state index in [1.807, 2.05) is 48.5 Å². The van der Waals surface area contributed by atoms with Gasteiger partial charge in [-0.1, -0.05) is 48.5 Å². The van der Waals surface area contributed by atoms with E-state index in [0.29, 0.717) is 5.82 Å². The molecule has 9 heteroatoms. The molecular formula is C24H22N4O5. The summed E-state index contributed by atoms with van der Waals surface area (Å²) in [7, 11) is 0. The van der Waals surface area contributed by atoms with Crippen LogP contribution in [0, 0.1) is 0 Å². The minimum atomic E-state index is -1.30. The van der Waals surface area contributed by atoms with Gasteiger partial charge in [0.1, 0.15) is 18.5 Å². The topological polar surface area (TPSA) is 131 Å². The minimum absolute atomic E-state index is 0.00214. The molecule has 1 unspecified atom stereocenters. The number of carbonyl (C=O) groups is 3. The number of benzene rings is 2. The van der Waals surface area contributed by atoms with E-state index in [9.17, 15) is 14.4 Å². The smallest absolute Gasteiger partial charge is 0.407 e. The lowest BCUT2D eigenvalue weighted by Gasteiger charge is -2.18. The van der Waals surface area contributed by atoms with Gasteiger partial charge >= 0.3 is 12.1 Å². The van der Waals surface area contributed by atoms with Crippen molar-refractivity contribution in [3.63, 3.8) is 0 Å². The number of amides is 2. The van der Waals surface area contributed by atoms with Crippen molar-refractivity contribution >= 4 is 18.0 Å². The first kappa shape index (κ1) is 21.9. The number of hydrogen-bond donors (Lipinski definition) is 3. The van der Waals surface area contributed by atoms with Gasteiger partial charge in [-0.25, -0.2) is 14.8 Å². The maximum absolute atomic E-state index is 12.5.